The number of esters is 1. The van der Waals surface area contributed by atoms with Gasteiger partial charge in [-0.25, -0.2) is 4.79 Å². The van der Waals surface area contributed by atoms with E-state index in [-0.39, 0.29) is 5.91 Å². The molecular weight excluding hydrogens is 220 g/mol. The maximum atomic E-state index is 11.4. The Labute approximate surface area is 99.9 Å². The lowest BCUT2D eigenvalue weighted by atomic mass is 10.2. The minimum absolute atomic E-state index is 0.0822. The number of nitrogens with one attached hydrogen (secondary N) is 1. The van der Waals surface area contributed by atoms with E-state index in [1.54, 1.807) is 24.3 Å². The van der Waals surface area contributed by atoms with Crippen molar-refractivity contribution < 1.29 is 14.3 Å². The maximum absolute atomic E-state index is 11.4. The van der Waals surface area contributed by atoms with Gasteiger partial charge in [0.25, 0.3) is 0 Å². The van der Waals surface area contributed by atoms with Crippen molar-refractivity contribution in [2.75, 3.05) is 19.0 Å². The summed E-state index contributed by atoms with van der Waals surface area (Å²) in [6.07, 6.45) is 1.06. The van der Waals surface area contributed by atoms with Gasteiger partial charge in [0.2, 0.25) is 5.91 Å². The zero-order valence-electron chi connectivity index (χ0n) is 9.73. The molecule has 1 aromatic rings. The molecule has 0 unspecified atom stereocenters. The molecule has 0 fully saturated rings. The number of nitrogens with two attached hydrogens (primary N) is 1. The number of methoxy groups -OCH3 is 1. The molecule has 1 aromatic carbocycles. The number of benzene rings is 1. The fraction of sp³-hybridized carbons (Fsp3) is 0.333. The Morgan fingerprint density at radius 1 is 1.29 bits per heavy atom. The number of amides is 1. The van der Waals surface area contributed by atoms with Gasteiger partial charge in [0.15, 0.2) is 0 Å². The number of hydrogen-bond donors (Lipinski definition) is 2. The number of rotatable bonds is 5. The predicted octanol–water partition coefficient (Wildman–Crippen LogP) is 1.15. The number of carbonyl (C=O) groups excluding carboxylic acids is 2. The van der Waals surface area contributed by atoms with Gasteiger partial charge >= 0.3 is 5.97 Å². The highest BCUT2D eigenvalue weighted by molar-refractivity contribution is 5.92. The molecule has 0 radical (unpaired) electrons. The van der Waals surface area contributed by atoms with Gasteiger partial charge < -0.3 is 15.8 Å². The molecule has 1 amide bonds. The van der Waals surface area contributed by atoms with E-state index < -0.39 is 5.97 Å². The molecule has 5 heteroatoms. The van der Waals surface area contributed by atoms with Crippen LogP contribution < -0.4 is 11.1 Å². The smallest absolute Gasteiger partial charge is 0.337 e. The first-order valence-electron chi connectivity index (χ1n) is 5.35. The zero-order chi connectivity index (χ0) is 12.7. The van der Waals surface area contributed by atoms with Crippen LogP contribution in [0.5, 0.6) is 0 Å². The monoisotopic (exact) mass is 236 g/mol. The first kappa shape index (κ1) is 13.2. The van der Waals surface area contributed by atoms with Gasteiger partial charge in [0.05, 0.1) is 12.7 Å². The van der Waals surface area contributed by atoms with Crippen molar-refractivity contribution in [1.82, 2.24) is 0 Å². The van der Waals surface area contributed by atoms with Crippen LogP contribution in [0.1, 0.15) is 23.2 Å². The van der Waals surface area contributed by atoms with E-state index in [4.69, 9.17) is 5.73 Å². The summed E-state index contributed by atoms with van der Waals surface area (Å²) < 4.78 is 4.57. The summed E-state index contributed by atoms with van der Waals surface area (Å²) in [5.41, 5.74) is 6.41. The predicted molar refractivity (Wildman–Crippen MR) is 64.7 cm³/mol. The van der Waals surface area contributed by atoms with Gasteiger partial charge in [0.1, 0.15) is 0 Å². The van der Waals surface area contributed by atoms with Crippen molar-refractivity contribution in [1.29, 1.82) is 0 Å². The summed E-state index contributed by atoms with van der Waals surface area (Å²) in [6.45, 7) is 0.495. The second-order valence-electron chi connectivity index (χ2n) is 3.51. The first-order valence-corrected chi connectivity index (χ1v) is 5.35. The molecule has 0 aliphatic heterocycles. The molecule has 0 heterocycles. The molecule has 3 N–H and O–H groups in total. The molecule has 92 valence electrons. The molecule has 17 heavy (non-hydrogen) atoms. The molecule has 1 rings (SSSR count). The molecule has 0 aliphatic rings. The number of carbonyl (C=O) groups is 2. The fourth-order valence-electron chi connectivity index (χ4n) is 1.29. The molecular formula is C12H16N2O3. The topological polar surface area (TPSA) is 81.4 Å². The third-order valence-electron chi connectivity index (χ3n) is 2.20. The van der Waals surface area contributed by atoms with Crippen molar-refractivity contribution in [2.45, 2.75) is 12.8 Å². The largest absolute Gasteiger partial charge is 0.465 e. The quantitative estimate of drug-likeness (QED) is 0.751. The first-order chi connectivity index (χ1) is 8.17. The highest BCUT2D eigenvalue weighted by atomic mass is 16.5. The zero-order valence-corrected chi connectivity index (χ0v) is 9.73. The Kier molecular flexibility index (Phi) is 5.16. The van der Waals surface area contributed by atoms with Crippen LogP contribution in [0, 0.1) is 0 Å². The second kappa shape index (κ2) is 6.65. The Hall–Kier alpha value is -1.88. The van der Waals surface area contributed by atoms with E-state index in [0.717, 1.165) is 0 Å². The molecule has 0 bridgehead atoms. The highest BCUT2D eigenvalue weighted by Crippen LogP contribution is 2.10. The van der Waals surface area contributed by atoms with Crippen molar-refractivity contribution in [3.8, 4) is 0 Å². The molecule has 0 saturated carbocycles. The average molecular weight is 236 g/mol. The molecule has 0 saturated heterocycles. The summed E-state index contributed by atoms with van der Waals surface area (Å²) in [7, 11) is 1.32. The van der Waals surface area contributed by atoms with Gasteiger partial charge in [-0.1, -0.05) is 0 Å². The number of ether oxygens (including phenoxy) is 1. The van der Waals surface area contributed by atoms with Gasteiger partial charge in [-0.2, -0.15) is 0 Å². The average Bonchev–Trinajstić information content (AvgIpc) is 2.36. The van der Waals surface area contributed by atoms with Crippen LogP contribution in [0.25, 0.3) is 0 Å². The molecule has 0 aromatic heterocycles. The summed E-state index contributed by atoms with van der Waals surface area (Å²) in [5.74, 6) is -0.479. The van der Waals surface area contributed by atoms with E-state index in [2.05, 4.69) is 10.1 Å². The van der Waals surface area contributed by atoms with Gasteiger partial charge in [-0.05, 0) is 37.2 Å². The molecule has 0 aliphatic carbocycles. The van der Waals surface area contributed by atoms with E-state index in [1.165, 1.54) is 7.11 Å². The molecule has 0 spiro atoms. The van der Waals surface area contributed by atoms with Crippen LogP contribution in [0.4, 0.5) is 5.69 Å². The Morgan fingerprint density at radius 3 is 2.47 bits per heavy atom. The van der Waals surface area contributed by atoms with Crippen LogP contribution in [0.15, 0.2) is 24.3 Å². The molecule has 0 atom stereocenters. The Balaban J connectivity index is 2.56. The van der Waals surface area contributed by atoms with Crippen LogP contribution in [-0.4, -0.2) is 25.5 Å². The van der Waals surface area contributed by atoms with Crippen LogP contribution in [-0.2, 0) is 9.53 Å². The van der Waals surface area contributed by atoms with Gasteiger partial charge in [-0.3, -0.25) is 4.79 Å². The van der Waals surface area contributed by atoms with Crippen molar-refractivity contribution in [3.05, 3.63) is 29.8 Å². The van der Waals surface area contributed by atoms with E-state index in [0.29, 0.717) is 30.6 Å². The van der Waals surface area contributed by atoms with Gasteiger partial charge in [-0.15, -0.1) is 0 Å². The Bertz CT molecular complexity index is 387. The number of hydrogen-bond acceptors (Lipinski definition) is 4. The van der Waals surface area contributed by atoms with Gasteiger partial charge in [0, 0.05) is 12.1 Å². The van der Waals surface area contributed by atoms with Crippen LogP contribution in [0.2, 0.25) is 0 Å². The lowest BCUT2D eigenvalue weighted by Crippen LogP contribution is -2.13. The lowest BCUT2D eigenvalue weighted by molar-refractivity contribution is -0.116. The number of anilines is 1. The van der Waals surface area contributed by atoms with Crippen molar-refractivity contribution in [2.24, 2.45) is 5.73 Å². The van der Waals surface area contributed by atoms with Crippen LogP contribution in [0.3, 0.4) is 0 Å². The lowest BCUT2D eigenvalue weighted by Gasteiger charge is -2.05. The minimum Gasteiger partial charge on any atom is -0.465 e. The summed E-state index contributed by atoms with van der Waals surface area (Å²) in [5, 5.41) is 2.71. The minimum atomic E-state index is -0.397. The fourth-order valence-corrected chi connectivity index (χ4v) is 1.29. The van der Waals surface area contributed by atoms with E-state index in [1.807, 2.05) is 0 Å². The van der Waals surface area contributed by atoms with E-state index in [9.17, 15) is 9.59 Å². The summed E-state index contributed by atoms with van der Waals surface area (Å²) in [4.78, 5) is 22.6. The standard InChI is InChI=1S/C12H16N2O3/c1-17-12(16)9-4-6-10(7-5-9)14-11(15)3-2-8-13/h4-7H,2-3,8,13H2,1H3,(H,14,15). The SMILES string of the molecule is COC(=O)c1ccc(NC(=O)CCCN)cc1. The van der Waals surface area contributed by atoms with Crippen molar-refractivity contribution in [3.63, 3.8) is 0 Å². The third kappa shape index (κ3) is 4.24. The highest BCUT2D eigenvalue weighted by Gasteiger charge is 2.05. The normalized spacial score (nSPS) is 9.76. The summed E-state index contributed by atoms with van der Waals surface area (Å²) in [6, 6.07) is 6.52. The van der Waals surface area contributed by atoms with Crippen LogP contribution >= 0.6 is 0 Å². The summed E-state index contributed by atoms with van der Waals surface area (Å²) >= 11 is 0. The third-order valence-corrected chi connectivity index (χ3v) is 2.20. The second-order valence-corrected chi connectivity index (χ2v) is 3.51. The Morgan fingerprint density at radius 2 is 1.94 bits per heavy atom. The molecule has 5 nitrogen and oxygen atoms in total. The van der Waals surface area contributed by atoms with E-state index >= 15 is 0 Å². The maximum Gasteiger partial charge on any atom is 0.337 e. The van der Waals surface area contributed by atoms with Crippen molar-refractivity contribution >= 4 is 17.6 Å².